The van der Waals surface area contributed by atoms with Crippen LogP contribution in [0.25, 0.3) is 10.9 Å². The summed E-state index contributed by atoms with van der Waals surface area (Å²) in [5.74, 6) is 1.09. The summed E-state index contributed by atoms with van der Waals surface area (Å²) in [7, 11) is 0. The Hall–Kier alpha value is -2.15. The number of aromatic nitrogens is 4. The zero-order valence-electron chi connectivity index (χ0n) is 15.4. The summed E-state index contributed by atoms with van der Waals surface area (Å²) in [4.78, 5) is 17.7. The fourth-order valence-electron chi connectivity index (χ4n) is 2.82. The maximum absolute atomic E-state index is 13.0. The van der Waals surface area contributed by atoms with E-state index in [1.54, 1.807) is 11.5 Å². The molecule has 0 fully saturated rings. The number of thioether (sulfide) groups is 1. The zero-order chi connectivity index (χ0) is 18.5. The van der Waals surface area contributed by atoms with Crippen LogP contribution in [-0.2, 0) is 6.54 Å². The van der Waals surface area contributed by atoms with E-state index in [0.29, 0.717) is 28.9 Å². The molecule has 1 aromatic carbocycles. The highest BCUT2D eigenvalue weighted by Crippen LogP contribution is 2.33. The molecule has 138 valence electrons. The van der Waals surface area contributed by atoms with Crippen LogP contribution in [0.5, 0.6) is 0 Å². The summed E-state index contributed by atoms with van der Waals surface area (Å²) >= 11 is 1.49. The molecule has 0 saturated heterocycles. The number of fused-ring (bicyclic) bond motifs is 1. The van der Waals surface area contributed by atoms with Crippen LogP contribution >= 0.6 is 11.8 Å². The van der Waals surface area contributed by atoms with Gasteiger partial charge in [0.2, 0.25) is 11.8 Å². The molecule has 26 heavy (non-hydrogen) atoms. The monoisotopic (exact) mass is 372 g/mol. The Labute approximate surface area is 157 Å². The molecule has 0 aliphatic carbocycles. The lowest BCUT2D eigenvalue weighted by atomic mass is 10.2. The first-order chi connectivity index (χ1) is 12.6. The summed E-state index contributed by atoms with van der Waals surface area (Å²) in [6, 6.07) is 7.50. The van der Waals surface area contributed by atoms with Gasteiger partial charge in [-0.25, -0.2) is 4.98 Å². The van der Waals surface area contributed by atoms with Crippen molar-refractivity contribution in [3.8, 4) is 0 Å². The first-order valence-corrected chi connectivity index (χ1v) is 9.94. The van der Waals surface area contributed by atoms with Gasteiger partial charge in [-0.15, -0.1) is 10.2 Å². The van der Waals surface area contributed by atoms with E-state index in [-0.39, 0.29) is 10.8 Å². The maximum Gasteiger partial charge on any atom is 0.262 e. The second-order valence-corrected chi connectivity index (χ2v) is 7.66. The molecule has 0 spiro atoms. The van der Waals surface area contributed by atoms with E-state index >= 15 is 0 Å². The predicted molar refractivity (Wildman–Crippen MR) is 103 cm³/mol. The number of aryl methyl sites for hydroxylation is 1. The van der Waals surface area contributed by atoms with Crippen molar-refractivity contribution >= 4 is 22.7 Å². The highest BCUT2D eigenvalue weighted by molar-refractivity contribution is 7.99. The molecule has 2 aromatic heterocycles. The highest BCUT2D eigenvalue weighted by Gasteiger charge is 2.19. The van der Waals surface area contributed by atoms with E-state index in [1.165, 1.54) is 24.6 Å². The van der Waals surface area contributed by atoms with Crippen molar-refractivity contribution in [3.05, 3.63) is 46.4 Å². The first kappa shape index (κ1) is 18.6. The molecule has 0 aliphatic rings. The highest BCUT2D eigenvalue weighted by atomic mass is 32.2. The van der Waals surface area contributed by atoms with Crippen molar-refractivity contribution in [3.63, 3.8) is 0 Å². The largest absolute Gasteiger partial charge is 0.424 e. The minimum absolute atomic E-state index is 0.0171. The van der Waals surface area contributed by atoms with E-state index < -0.39 is 0 Å². The second-order valence-electron chi connectivity index (χ2n) is 6.35. The Morgan fingerprint density at radius 2 is 2.00 bits per heavy atom. The summed E-state index contributed by atoms with van der Waals surface area (Å²) in [6.45, 7) is 6.61. The molecule has 0 saturated carbocycles. The Balaban J connectivity index is 1.94. The standard InChI is InChI=1S/C19H24N4O2S/c1-4-5-6-9-12-23-18(24)15-10-7-8-11-16(15)20-19(23)26-13(2)17-22-21-14(3)25-17/h7-8,10-11,13H,4-6,9,12H2,1-3H3/t13-/m0/s1. The molecule has 2 heterocycles. The van der Waals surface area contributed by atoms with Crippen LogP contribution in [0.4, 0.5) is 0 Å². The smallest absolute Gasteiger partial charge is 0.262 e. The van der Waals surface area contributed by atoms with Gasteiger partial charge in [-0.05, 0) is 25.5 Å². The quantitative estimate of drug-likeness (QED) is 0.329. The molecule has 3 aromatic rings. The third kappa shape index (κ3) is 4.15. The molecule has 1 atom stereocenters. The van der Waals surface area contributed by atoms with Crippen molar-refractivity contribution in [1.29, 1.82) is 0 Å². The molecule has 0 aliphatic heterocycles. The van der Waals surface area contributed by atoms with Crippen molar-refractivity contribution in [2.75, 3.05) is 0 Å². The van der Waals surface area contributed by atoms with Crippen molar-refractivity contribution < 1.29 is 4.42 Å². The van der Waals surface area contributed by atoms with Gasteiger partial charge >= 0.3 is 0 Å². The molecule has 0 amide bonds. The van der Waals surface area contributed by atoms with E-state index in [2.05, 4.69) is 17.1 Å². The molecule has 0 bridgehead atoms. The number of nitrogens with zero attached hydrogens (tertiary/aromatic N) is 4. The van der Waals surface area contributed by atoms with E-state index in [4.69, 9.17) is 9.40 Å². The minimum atomic E-state index is -0.0776. The summed E-state index contributed by atoms with van der Waals surface area (Å²) in [5.41, 5.74) is 0.738. The summed E-state index contributed by atoms with van der Waals surface area (Å²) < 4.78 is 7.32. The Kier molecular flexibility index (Phi) is 6.08. The van der Waals surface area contributed by atoms with E-state index in [1.807, 2.05) is 31.2 Å². The van der Waals surface area contributed by atoms with Crippen LogP contribution in [0, 0.1) is 6.92 Å². The first-order valence-electron chi connectivity index (χ1n) is 9.06. The van der Waals surface area contributed by atoms with E-state index in [0.717, 1.165) is 18.4 Å². The number of hydrogen-bond acceptors (Lipinski definition) is 6. The van der Waals surface area contributed by atoms with Gasteiger partial charge in [0.1, 0.15) is 0 Å². The number of unbranched alkanes of at least 4 members (excludes halogenated alkanes) is 3. The van der Waals surface area contributed by atoms with Gasteiger partial charge < -0.3 is 4.42 Å². The van der Waals surface area contributed by atoms with Crippen LogP contribution in [0.15, 0.2) is 38.6 Å². The summed E-state index contributed by atoms with van der Waals surface area (Å²) in [6.07, 6.45) is 4.42. The lowest BCUT2D eigenvalue weighted by molar-refractivity contribution is 0.469. The van der Waals surface area contributed by atoms with Gasteiger partial charge in [-0.2, -0.15) is 0 Å². The van der Waals surface area contributed by atoms with Crippen LogP contribution in [-0.4, -0.2) is 19.7 Å². The van der Waals surface area contributed by atoms with Crippen LogP contribution < -0.4 is 5.56 Å². The van der Waals surface area contributed by atoms with Gasteiger partial charge in [0.25, 0.3) is 5.56 Å². The van der Waals surface area contributed by atoms with Crippen molar-refractivity contribution in [2.24, 2.45) is 0 Å². The van der Waals surface area contributed by atoms with Crippen LogP contribution in [0.2, 0.25) is 0 Å². The number of para-hydroxylation sites is 1. The molecule has 7 heteroatoms. The Morgan fingerprint density at radius 1 is 1.19 bits per heavy atom. The number of benzene rings is 1. The van der Waals surface area contributed by atoms with Gasteiger partial charge in [0.05, 0.1) is 16.2 Å². The number of hydrogen-bond donors (Lipinski definition) is 0. The number of rotatable bonds is 8. The molecular formula is C19H24N4O2S. The lowest BCUT2D eigenvalue weighted by Crippen LogP contribution is -2.23. The van der Waals surface area contributed by atoms with Gasteiger partial charge in [-0.3, -0.25) is 9.36 Å². The lowest BCUT2D eigenvalue weighted by Gasteiger charge is -2.14. The molecule has 3 rings (SSSR count). The molecular weight excluding hydrogens is 348 g/mol. The average Bonchev–Trinajstić information content (AvgIpc) is 3.07. The van der Waals surface area contributed by atoms with Gasteiger partial charge in [0, 0.05) is 13.5 Å². The van der Waals surface area contributed by atoms with Gasteiger partial charge in [-0.1, -0.05) is 50.1 Å². The van der Waals surface area contributed by atoms with Gasteiger partial charge in [0.15, 0.2) is 5.16 Å². The Morgan fingerprint density at radius 3 is 2.73 bits per heavy atom. The maximum atomic E-state index is 13.0. The average molecular weight is 372 g/mol. The summed E-state index contributed by atoms with van der Waals surface area (Å²) in [5, 5.41) is 9.27. The molecule has 0 unspecified atom stereocenters. The molecule has 0 N–H and O–H groups in total. The third-order valence-corrected chi connectivity index (χ3v) is 5.31. The fraction of sp³-hybridized carbons (Fsp3) is 0.474. The van der Waals surface area contributed by atoms with E-state index in [9.17, 15) is 4.79 Å². The minimum Gasteiger partial charge on any atom is -0.424 e. The third-order valence-electron chi connectivity index (χ3n) is 4.23. The zero-order valence-corrected chi connectivity index (χ0v) is 16.3. The Bertz CT molecular complexity index is 935. The predicted octanol–water partition coefficient (Wildman–Crippen LogP) is 4.52. The van der Waals surface area contributed by atoms with Crippen molar-refractivity contribution in [2.45, 2.75) is 63.4 Å². The fourth-order valence-corrected chi connectivity index (χ4v) is 3.78. The topological polar surface area (TPSA) is 73.8 Å². The van der Waals surface area contributed by atoms with Crippen LogP contribution in [0.3, 0.4) is 0 Å². The van der Waals surface area contributed by atoms with Crippen LogP contribution in [0.1, 0.15) is 56.6 Å². The normalized spacial score (nSPS) is 12.6. The molecule has 6 nitrogen and oxygen atoms in total. The SMILES string of the molecule is CCCCCCn1c(S[C@@H](C)c2nnc(C)o2)nc2ccccc2c1=O. The second kappa shape index (κ2) is 8.49. The van der Waals surface area contributed by atoms with Crippen molar-refractivity contribution in [1.82, 2.24) is 19.7 Å². The molecule has 0 radical (unpaired) electrons.